The zero-order chi connectivity index (χ0) is 22.3. The van der Waals surface area contributed by atoms with Crippen LogP contribution in [-0.4, -0.2) is 34.9 Å². The number of nitrogens with zero attached hydrogens (tertiary/aromatic N) is 1. The highest BCUT2D eigenvalue weighted by Crippen LogP contribution is 2.18. The SMILES string of the molecule is CC[C@@H](C(=O)NC(C)(C)C)N(Cc1ccccc1C)C(=O)COc1ccc(I)cc1. The molecule has 0 fully saturated rings. The number of ether oxygens (including phenoxy) is 1. The van der Waals surface area contributed by atoms with Gasteiger partial charge in [0.2, 0.25) is 5.91 Å². The lowest BCUT2D eigenvalue weighted by atomic mass is 10.0. The van der Waals surface area contributed by atoms with E-state index < -0.39 is 6.04 Å². The lowest BCUT2D eigenvalue weighted by Gasteiger charge is -2.33. The number of hydrogen-bond donors (Lipinski definition) is 1. The van der Waals surface area contributed by atoms with Crippen molar-refractivity contribution in [2.75, 3.05) is 6.61 Å². The van der Waals surface area contributed by atoms with E-state index in [1.54, 1.807) is 4.90 Å². The molecule has 2 aromatic carbocycles. The van der Waals surface area contributed by atoms with E-state index in [4.69, 9.17) is 4.74 Å². The Kier molecular flexibility index (Phi) is 8.70. The van der Waals surface area contributed by atoms with Crippen LogP contribution >= 0.6 is 22.6 Å². The molecule has 0 aliphatic carbocycles. The van der Waals surface area contributed by atoms with Crippen molar-refractivity contribution in [1.29, 1.82) is 0 Å². The number of nitrogens with one attached hydrogen (secondary N) is 1. The Hall–Kier alpha value is -2.09. The molecule has 2 aromatic rings. The maximum atomic E-state index is 13.2. The molecular weight excluding hydrogens is 491 g/mol. The van der Waals surface area contributed by atoms with Crippen molar-refractivity contribution in [1.82, 2.24) is 10.2 Å². The van der Waals surface area contributed by atoms with E-state index in [0.29, 0.717) is 18.7 Å². The van der Waals surface area contributed by atoms with Gasteiger partial charge in [0.15, 0.2) is 6.61 Å². The second kappa shape index (κ2) is 10.8. The molecule has 0 bridgehead atoms. The van der Waals surface area contributed by atoms with E-state index >= 15 is 0 Å². The van der Waals surface area contributed by atoms with Gasteiger partial charge in [-0.05, 0) is 92.1 Å². The van der Waals surface area contributed by atoms with Crippen molar-refractivity contribution in [2.24, 2.45) is 0 Å². The predicted octanol–water partition coefficient (Wildman–Crippen LogP) is 4.70. The van der Waals surface area contributed by atoms with E-state index in [0.717, 1.165) is 14.7 Å². The molecule has 2 rings (SSSR count). The van der Waals surface area contributed by atoms with Gasteiger partial charge in [-0.3, -0.25) is 9.59 Å². The standard InChI is InChI=1S/C24H31IN2O3/c1-6-21(23(29)26-24(3,4)5)27(15-18-10-8-7-9-17(18)2)22(28)16-30-20-13-11-19(25)12-14-20/h7-14,21H,6,15-16H2,1-5H3,(H,26,29)/t21-/m0/s1. The number of benzene rings is 2. The first-order valence-electron chi connectivity index (χ1n) is 10.1. The van der Waals surface area contributed by atoms with Crippen LogP contribution in [0.5, 0.6) is 5.75 Å². The van der Waals surface area contributed by atoms with E-state index in [2.05, 4.69) is 27.9 Å². The van der Waals surface area contributed by atoms with Crippen molar-refractivity contribution in [3.63, 3.8) is 0 Å². The number of aryl methyl sites for hydroxylation is 1. The Morgan fingerprint density at radius 2 is 1.73 bits per heavy atom. The van der Waals surface area contributed by atoms with Crippen molar-refractivity contribution in [3.8, 4) is 5.75 Å². The molecule has 0 heterocycles. The first-order chi connectivity index (χ1) is 14.1. The first-order valence-corrected chi connectivity index (χ1v) is 11.2. The molecular formula is C24H31IN2O3. The van der Waals surface area contributed by atoms with E-state index in [1.165, 1.54) is 0 Å². The van der Waals surface area contributed by atoms with Crippen LogP contribution < -0.4 is 10.1 Å². The predicted molar refractivity (Wildman–Crippen MR) is 128 cm³/mol. The zero-order valence-corrected chi connectivity index (χ0v) is 20.5. The number of halogens is 1. The molecule has 30 heavy (non-hydrogen) atoms. The minimum absolute atomic E-state index is 0.119. The van der Waals surface area contributed by atoms with Crippen molar-refractivity contribution in [3.05, 3.63) is 63.2 Å². The third kappa shape index (κ3) is 7.31. The Morgan fingerprint density at radius 3 is 2.30 bits per heavy atom. The molecule has 1 atom stereocenters. The minimum Gasteiger partial charge on any atom is -0.484 e. The molecule has 0 aliphatic rings. The maximum absolute atomic E-state index is 13.2. The smallest absolute Gasteiger partial charge is 0.261 e. The van der Waals surface area contributed by atoms with Gasteiger partial charge in [0.05, 0.1) is 0 Å². The average Bonchev–Trinajstić information content (AvgIpc) is 2.67. The van der Waals surface area contributed by atoms with Crippen LogP contribution in [0.25, 0.3) is 0 Å². The third-order valence-electron chi connectivity index (χ3n) is 4.66. The Balaban J connectivity index is 2.24. The number of rotatable bonds is 8. The van der Waals surface area contributed by atoms with Crippen LogP contribution in [0.2, 0.25) is 0 Å². The van der Waals surface area contributed by atoms with Gasteiger partial charge in [0, 0.05) is 15.7 Å². The molecule has 0 saturated carbocycles. The number of carbonyl (C=O) groups is 2. The van der Waals surface area contributed by atoms with Gasteiger partial charge in [0.25, 0.3) is 5.91 Å². The van der Waals surface area contributed by atoms with Gasteiger partial charge in [0.1, 0.15) is 11.8 Å². The lowest BCUT2D eigenvalue weighted by Crippen LogP contribution is -2.54. The molecule has 5 nitrogen and oxygen atoms in total. The van der Waals surface area contributed by atoms with Gasteiger partial charge in [-0.2, -0.15) is 0 Å². The number of hydrogen-bond acceptors (Lipinski definition) is 3. The topological polar surface area (TPSA) is 58.6 Å². The van der Waals surface area contributed by atoms with Gasteiger partial charge in [-0.1, -0.05) is 31.2 Å². The summed E-state index contributed by atoms with van der Waals surface area (Å²) in [6.45, 7) is 9.98. The summed E-state index contributed by atoms with van der Waals surface area (Å²) in [5.74, 6) is 0.265. The molecule has 0 unspecified atom stereocenters. The van der Waals surface area contributed by atoms with Crippen LogP contribution in [0, 0.1) is 10.5 Å². The molecule has 0 spiro atoms. The third-order valence-corrected chi connectivity index (χ3v) is 5.38. The molecule has 2 amide bonds. The van der Waals surface area contributed by atoms with Gasteiger partial charge in [-0.15, -0.1) is 0 Å². The molecule has 0 radical (unpaired) electrons. The van der Waals surface area contributed by atoms with Gasteiger partial charge in [-0.25, -0.2) is 0 Å². The molecule has 0 saturated heterocycles. The first kappa shape index (κ1) is 24.2. The summed E-state index contributed by atoms with van der Waals surface area (Å²) in [7, 11) is 0. The van der Waals surface area contributed by atoms with Crippen molar-refractivity contribution in [2.45, 2.75) is 59.2 Å². The molecule has 0 aliphatic heterocycles. The van der Waals surface area contributed by atoms with Crippen LogP contribution in [0.1, 0.15) is 45.2 Å². The highest BCUT2D eigenvalue weighted by molar-refractivity contribution is 14.1. The molecule has 1 N–H and O–H groups in total. The largest absolute Gasteiger partial charge is 0.484 e. The summed E-state index contributed by atoms with van der Waals surface area (Å²) in [6, 6.07) is 14.9. The summed E-state index contributed by atoms with van der Waals surface area (Å²) >= 11 is 2.22. The van der Waals surface area contributed by atoms with Gasteiger partial charge >= 0.3 is 0 Å². The monoisotopic (exact) mass is 522 g/mol. The second-order valence-corrected chi connectivity index (χ2v) is 9.60. The van der Waals surface area contributed by atoms with E-state index in [-0.39, 0.29) is 24.0 Å². The fourth-order valence-electron chi connectivity index (χ4n) is 3.10. The van der Waals surface area contributed by atoms with Crippen molar-refractivity contribution < 1.29 is 14.3 Å². The van der Waals surface area contributed by atoms with Gasteiger partial charge < -0.3 is 15.0 Å². The lowest BCUT2D eigenvalue weighted by molar-refractivity contribution is -0.143. The summed E-state index contributed by atoms with van der Waals surface area (Å²) in [5, 5.41) is 3.01. The maximum Gasteiger partial charge on any atom is 0.261 e. The highest BCUT2D eigenvalue weighted by Gasteiger charge is 2.31. The second-order valence-electron chi connectivity index (χ2n) is 8.35. The van der Waals surface area contributed by atoms with Crippen molar-refractivity contribution >= 4 is 34.4 Å². The average molecular weight is 522 g/mol. The Labute approximate surface area is 193 Å². The van der Waals surface area contributed by atoms with Crippen LogP contribution in [-0.2, 0) is 16.1 Å². The fraction of sp³-hybridized carbons (Fsp3) is 0.417. The van der Waals surface area contributed by atoms with Crippen LogP contribution in [0.15, 0.2) is 48.5 Å². The Morgan fingerprint density at radius 1 is 1.10 bits per heavy atom. The Bertz CT molecular complexity index is 859. The minimum atomic E-state index is -0.573. The van der Waals surface area contributed by atoms with Crippen LogP contribution in [0.3, 0.4) is 0 Å². The van der Waals surface area contributed by atoms with E-state index in [1.807, 2.05) is 83.1 Å². The molecule has 162 valence electrons. The zero-order valence-electron chi connectivity index (χ0n) is 18.4. The summed E-state index contributed by atoms with van der Waals surface area (Å²) < 4.78 is 6.82. The normalized spacial score (nSPS) is 12.2. The molecule has 0 aromatic heterocycles. The summed E-state index contributed by atoms with van der Waals surface area (Å²) in [5.41, 5.74) is 1.72. The van der Waals surface area contributed by atoms with Crippen LogP contribution in [0.4, 0.5) is 0 Å². The fourth-order valence-corrected chi connectivity index (χ4v) is 3.46. The quantitative estimate of drug-likeness (QED) is 0.512. The summed E-state index contributed by atoms with van der Waals surface area (Å²) in [6.07, 6.45) is 0.517. The number of amides is 2. The summed E-state index contributed by atoms with van der Waals surface area (Å²) in [4.78, 5) is 27.8. The molecule has 6 heteroatoms. The number of carbonyl (C=O) groups excluding carboxylic acids is 2. The highest BCUT2D eigenvalue weighted by atomic mass is 127. The van der Waals surface area contributed by atoms with E-state index in [9.17, 15) is 9.59 Å².